The third-order valence-electron chi connectivity index (χ3n) is 3.09. The topological polar surface area (TPSA) is 107 Å². The zero-order chi connectivity index (χ0) is 13.3. The minimum Gasteiger partial charge on any atom is -0.480 e. The van der Waals surface area contributed by atoms with Crippen LogP contribution in [0.1, 0.15) is 12.8 Å². The van der Waals surface area contributed by atoms with E-state index in [-0.39, 0.29) is 6.54 Å². The van der Waals surface area contributed by atoms with Crippen LogP contribution in [0.2, 0.25) is 0 Å². The number of likely N-dealkylation sites (tertiary alicyclic amines) is 1. The Morgan fingerprint density at radius 1 is 1.39 bits per heavy atom. The molecule has 1 unspecified atom stereocenters. The summed E-state index contributed by atoms with van der Waals surface area (Å²) >= 11 is 0. The Balaban J connectivity index is 2.01. The van der Waals surface area contributed by atoms with Gasteiger partial charge in [-0.2, -0.15) is 0 Å². The highest BCUT2D eigenvalue weighted by Crippen LogP contribution is 2.18. The van der Waals surface area contributed by atoms with Crippen molar-refractivity contribution in [1.82, 2.24) is 15.1 Å². The smallest absolute Gasteiger partial charge is 0.326 e. The molecule has 0 aromatic carbocycles. The molecule has 2 N–H and O–H groups in total. The van der Waals surface area contributed by atoms with Crippen LogP contribution in [0.15, 0.2) is 0 Å². The summed E-state index contributed by atoms with van der Waals surface area (Å²) in [6, 6.07) is -1.46. The van der Waals surface area contributed by atoms with Gasteiger partial charge in [-0.25, -0.2) is 9.59 Å². The van der Waals surface area contributed by atoms with Gasteiger partial charge < -0.3 is 15.3 Å². The van der Waals surface area contributed by atoms with E-state index in [2.05, 4.69) is 5.32 Å². The summed E-state index contributed by atoms with van der Waals surface area (Å²) < 4.78 is 0. The highest BCUT2D eigenvalue weighted by atomic mass is 16.4. The van der Waals surface area contributed by atoms with Crippen LogP contribution in [-0.2, 0) is 14.4 Å². The molecule has 8 nitrogen and oxygen atoms in total. The second kappa shape index (κ2) is 4.63. The van der Waals surface area contributed by atoms with Crippen LogP contribution in [-0.4, -0.2) is 64.4 Å². The summed E-state index contributed by atoms with van der Waals surface area (Å²) in [6.07, 6.45) is 1.02. The Kier molecular flexibility index (Phi) is 3.17. The molecule has 0 aliphatic carbocycles. The number of carbonyl (C=O) groups excluding carboxylic acids is 3. The van der Waals surface area contributed by atoms with E-state index in [1.165, 1.54) is 4.90 Å². The molecule has 18 heavy (non-hydrogen) atoms. The van der Waals surface area contributed by atoms with Crippen LogP contribution in [0.5, 0.6) is 0 Å². The monoisotopic (exact) mass is 255 g/mol. The van der Waals surface area contributed by atoms with Gasteiger partial charge in [0.1, 0.15) is 12.6 Å². The van der Waals surface area contributed by atoms with Crippen molar-refractivity contribution in [1.29, 1.82) is 0 Å². The van der Waals surface area contributed by atoms with Gasteiger partial charge in [0.25, 0.3) is 5.91 Å². The normalized spacial score (nSPS) is 23.4. The van der Waals surface area contributed by atoms with E-state index in [0.29, 0.717) is 19.4 Å². The van der Waals surface area contributed by atoms with Crippen molar-refractivity contribution in [3.8, 4) is 0 Å². The Bertz CT molecular complexity index is 406. The van der Waals surface area contributed by atoms with E-state index in [9.17, 15) is 19.2 Å². The minimum absolute atomic E-state index is 0.117. The number of carboxylic acid groups (broad SMARTS) is 1. The van der Waals surface area contributed by atoms with Crippen LogP contribution in [0.25, 0.3) is 0 Å². The van der Waals surface area contributed by atoms with E-state index >= 15 is 0 Å². The lowest BCUT2D eigenvalue weighted by molar-refractivity contribution is -0.148. The Morgan fingerprint density at radius 3 is 2.67 bits per heavy atom. The number of rotatable bonds is 3. The van der Waals surface area contributed by atoms with Gasteiger partial charge in [-0.05, 0) is 12.8 Å². The summed E-state index contributed by atoms with van der Waals surface area (Å²) in [5.74, 6) is -2.04. The Morgan fingerprint density at radius 2 is 2.11 bits per heavy atom. The van der Waals surface area contributed by atoms with Gasteiger partial charge in [-0.15, -0.1) is 0 Å². The van der Waals surface area contributed by atoms with Crippen molar-refractivity contribution in [3.63, 3.8) is 0 Å². The van der Waals surface area contributed by atoms with Gasteiger partial charge in [0.05, 0.1) is 6.54 Å². The molecule has 4 amide bonds. The van der Waals surface area contributed by atoms with Gasteiger partial charge in [-0.1, -0.05) is 0 Å². The zero-order valence-electron chi connectivity index (χ0n) is 9.59. The van der Waals surface area contributed by atoms with Crippen molar-refractivity contribution < 1.29 is 24.3 Å². The first-order valence-electron chi connectivity index (χ1n) is 5.61. The second-order valence-corrected chi connectivity index (χ2v) is 4.22. The van der Waals surface area contributed by atoms with Crippen LogP contribution in [0.3, 0.4) is 0 Å². The third kappa shape index (κ3) is 2.13. The number of nitrogens with one attached hydrogen (secondary N) is 1. The molecule has 0 aromatic heterocycles. The van der Waals surface area contributed by atoms with E-state index in [0.717, 1.165) is 4.90 Å². The maximum absolute atomic E-state index is 11.9. The second-order valence-electron chi connectivity index (χ2n) is 4.22. The molecule has 2 aliphatic heterocycles. The average molecular weight is 255 g/mol. The number of hydrogen-bond donors (Lipinski definition) is 2. The quantitative estimate of drug-likeness (QED) is 0.604. The first-order chi connectivity index (χ1) is 8.50. The predicted molar refractivity (Wildman–Crippen MR) is 57.5 cm³/mol. The van der Waals surface area contributed by atoms with Gasteiger partial charge in [-0.3, -0.25) is 14.5 Å². The van der Waals surface area contributed by atoms with Crippen LogP contribution in [0.4, 0.5) is 4.79 Å². The van der Waals surface area contributed by atoms with Crippen LogP contribution < -0.4 is 5.32 Å². The molecule has 2 rings (SSSR count). The largest absolute Gasteiger partial charge is 0.480 e. The van der Waals surface area contributed by atoms with E-state index in [1.54, 1.807) is 0 Å². The lowest BCUT2D eigenvalue weighted by Gasteiger charge is -2.23. The van der Waals surface area contributed by atoms with Crippen molar-refractivity contribution in [2.45, 2.75) is 18.9 Å². The molecule has 2 fully saturated rings. The highest BCUT2D eigenvalue weighted by Gasteiger charge is 2.37. The van der Waals surface area contributed by atoms with Crippen molar-refractivity contribution >= 4 is 23.8 Å². The summed E-state index contributed by atoms with van der Waals surface area (Å²) in [4.78, 5) is 47.4. The molecule has 2 aliphatic rings. The fraction of sp³-hybridized carbons (Fsp3) is 0.600. The molecular weight excluding hydrogens is 242 g/mol. The Labute approximate surface area is 103 Å². The summed E-state index contributed by atoms with van der Waals surface area (Å²) in [5, 5.41) is 11.2. The fourth-order valence-electron chi connectivity index (χ4n) is 2.16. The standard InChI is InChI=1S/C10H13N3O5/c14-7-4-11-10(18)13(7)5-8(15)12-3-1-2-6(12)9(16)17/h6H,1-5H2,(H,11,18)(H,16,17). The van der Waals surface area contributed by atoms with Gasteiger partial charge in [0.15, 0.2) is 0 Å². The van der Waals surface area contributed by atoms with E-state index in [4.69, 9.17) is 5.11 Å². The molecule has 2 saturated heterocycles. The number of hydrogen-bond acceptors (Lipinski definition) is 4. The highest BCUT2D eigenvalue weighted by molar-refractivity contribution is 6.04. The molecule has 0 aromatic rings. The lowest BCUT2D eigenvalue weighted by atomic mass is 10.2. The van der Waals surface area contributed by atoms with Gasteiger partial charge >= 0.3 is 12.0 Å². The maximum Gasteiger partial charge on any atom is 0.326 e. The van der Waals surface area contributed by atoms with Gasteiger partial charge in [0, 0.05) is 6.54 Å². The summed E-state index contributed by atoms with van der Waals surface area (Å²) in [7, 11) is 0. The summed E-state index contributed by atoms with van der Waals surface area (Å²) in [6.45, 7) is -0.164. The number of amides is 4. The third-order valence-corrected chi connectivity index (χ3v) is 3.09. The SMILES string of the molecule is O=C(O)C1CCCN1C(=O)CN1C(=O)CNC1=O. The van der Waals surface area contributed by atoms with Crippen molar-refractivity contribution in [2.24, 2.45) is 0 Å². The number of urea groups is 1. The molecule has 0 radical (unpaired) electrons. The number of aliphatic carboxylic acids is 1. The molecule has 1 atom stereocenters. The molecule has 98 valence electrons. The first kappa shape index (κ1) is 12.3. The number of imide groups is 1. The number of nitrogens with zero attached hydrogens (tertiary/aromatic N) is 2. The molecule has 0 spiro atoms. The molecular formula is C10H13N3O5. The van der Waals surface area contributed by atoms with Crippen LogP contribution >= 0.6 is 0 Å². The molecule has 8 heteroatoms. The minimum atomic E-state index is -1.06. The molecule has 2 heterocycles. The first-order valence-corrected chi connectivity index (χ1v) is 5.61. The summed E-state index contributed by atoms with van der Waals surface area (Å²) in [5.41, 5.74) is 0. The van der Waals surface area contributed by atoms with Crippen molar-refractivity contribution in [3.05, 3.63) is 0 Å². The Hall–Kier alpha value is -2.12. The van der Waals surface area contributed by atoms with E-state index < -0.39 is 36.4 Å². The lowest BCUT2D eigenvalue weighted by Crippen LogP contribution is -2.47. The van der Waals surface area contributed by atoms with Crippen molar-refractivity contribution in [2.75, 3.05) is 19.6 Å². The van der Waals surface area contributed by atoms with E-state index in [1.807, 2.05) is 0 Å². The van der Waals surface area contributed by atoms with Gasteiger partial charge in [0.2, 0.25) is 5.91 Å². The number of carbonyl (C=O) groups is 4. The zero-order valence-corrected chi connectivity index (χ0v) is 9.59. The van der Waals surface area contributed by atoms with Crippen LogP contribution in [0, 0.1) is 0 Å². The predicted octanol–water partition coefficient (Wildman–Crippen LogP) is -1.39. The maximum atomic E-state index is 11.9. The fourth-order valence-corrected chi connectivity index (χ4v) is 2.16. The number of carboxylic acids is 1. The average Bonchev–Trinajstić information content (AvgIpc) is 2.90. The molecule has 0 bridgehead atoms. The molecule has 0 saturated carbocycles.